The van der Waals surface area contributed by atoms with Crippen molar-refractivity contribution in [2.45, 2.75) is 33.3 Å². The minimum atomic E-state index is -0.590. The molecule has 0 radical (unpaired) electrons. The summed E-state index contributed by atoms with van der Waals surface area (Å²) in [5, 5.41) is 4.50. The molecule has 3 aromatic rings. The summed E-state index contributed by atoms with van der Waals surface area (Å²) >= 11 is 0. The first-order valence-electron chi connectivity index (χ1n) is 8.95. The Morgan fingerprint density at radius 1 is 1.00 bits per heavy atom. The van der Waals surface area contributed by atoms with Gasteiger partial charge in [0.05, 0.1) is 11.4 Å². The van der Waals surface area contributed by atoms with E-state index in [1.165, 1.54) is 10.2 Å². The molecule has 2 aromatic carbocycles. The van der Waals surface area contributed by atoms with Gasteiger partial charge in [0.2, 0.25) is 0 Å². The molecule has 27 heavy (non-hydrogen) atoms. The van der Waals surface area contributed by atoms with E-state index in [1.807, 2.05) is 101 Å². The fraction of sp³-hybridized carbons (Fsp3) is 0.217. The van der Waals surface area contributed by atoms with Gasteiger partial charge >= 0.3 is 6.09 Å². The van der Waals surface area contributed by atoms with E-state index in [4.69, 9.17) is 4.74 Å². The number of rotatable bonds is 3. The quantitative estimate of drug-likeness (QED) is 0.592. The molecule has 0 saturated heterocycles. The van der Waals surface area contributed by atoms with Crippen molar-refractivity contribution in [1.29, 1.82) is 0 Å². The highest BCUT2D eigenvalue weighted by Gasteiger charge is 2.21. The van der Waals surface area contributed by atoms with Gasteiger partial charge in [-0.1, -0.05) is 66.2 Å². The highest BCUT2D eigenvalue weighted by atomic mass is 16.6. The van der Waals surface area contributed by atoms with Crippen molar-refractivity contribution < 1.29 is 9.53 Å². The molecule has 0 spiro atoms. The summed E-state index contributed by atoms with van der Waals surface area (Å²) < 4.78 is 6.83. The normalized spacial score (nSPS) is 11.7. The summed E-state index contributed by atoms with van der Waals surface area (Å²) in [5.41, 5.74) is 3.99. The number of aromatic nitrogens is 2. The van der Waals surface area contributed by atoms with Crippen LogP contribution >= 0.6 is 0 Å². The maximum Gasteiger partial charge on any atom is 0.435 e. The molecule has 0 aliphatic rings. The lowest BCUT2D eigenvalue weighted by Crippen LogP contribution is -2.28. The smallest absolute Gasteiger partial charge is 0.435 e. The summed E-state index contributed by atoms with van der Waals surface area (Å²) in [5.74, 6) is 0. The summed E-state index contributed by atoms with van der Waals surface area (Å²) in [4.78, 5) is 12.6. The second kappa shape index (κ2) is 7.62. The number of aryl methyl sites for hydroxylation is 1. The van der Waals surface area contributed by atoms with Crippen LogP contribution in [0.1, 0.15) is 37.6 Å². The maximum absolute atomic E-state index is 12.6. The van der Waals surface area contributed by atoms with E-state index in [-0.39, 0.29) is 0 Å². The predicted molar refractivity (Wildman–Crippen MR) is 109 cm³/mol. The molecule has 0 aliphatic heterocycles. The molecule has 0 saturated carbocycles. The molecule has 1 aromatic heterocycles. The second-order valence-electron chi connectivity index (χ2n) is 7.46. The largest absolute Gasteiger partial charge is 0.442 e. The fourth-order valence-electron chi connectivity index (χ4n) is 2.58. The van der Waals surface area contributed by atoms with E-state index in [2.05, 4.69) is 5.10 Å². The van der Waals surface area contributed by atoms with E-state index in [0.29, 0.717) is 5.69 Å². The summed E-state index contributed by atoms with van der Waals surface area (Å²) in [6, 6.07) is 19.9. The second-order valence-corrected chi connectivity index (χ2v) is 7.46. The Bertz CT molecular complexity index is 946. The van der Waals surface area contributed by atoms with Crippen molar-refractivity contribution in [2.24, 2.45) is 0 Å². The molecule has 3 rings (SSSR count). The summed E-state index contributed by atoms with van der Waals surface area (Å²) in [7, 11) is 0. The zero-order valence-corrected chi connectivity index (χ0v) is 16.1. The van der Waals surface area contributed by atoms with Gasteiger partial charge < -0.3 is 4.74 Å². The van der Waals surface area contributed by atoms with Crippen LogP contribution in [0.2, 0.25) is 0 Å². The Labute approximate surface area is 160 Å². The molecule has 4 nitrogen and oxygen atoms in total. The van der Waals surface area contributed by atoms with Gasteiger partial charge in [-0.3, -0.25) is 0 Å². The van der Waals surface area contributed by atoms with E-state index in [1.54, 1.807) is 0 Å². The molecule has 0 aliphatic carbocycles. The Hall–Kier alpha value is -3.14. The van der Waals surface area contributed by atoms with Crippen LogP contribution in [0.5, 0.6) is 0 Å². The average Bonchev–Trinajstić information content (AvgIpc) is 3.04. The van der Waals surface area contributed by atoms with Gasteiger partial charge in [-0.15, -0.1) is 0 Å². The molecule has 4 heteroatoms. The van der Waals surface area contributed by atoms with E-state index >= 15 is 0 Å². The Balaban J connectivity index is 1.99. The van der Waals surface area contributed by atoms with Crippen LogP contribution in [0.25, 0.3) is 23.4 Å². The zero-order valence-electron chi connectivity index (χ0n) is 16.1. The number of carbonyl (C=O) groups is 1. The maximum atomic E-state index is 12.6. The standard InChI is InChI=1S/C23H24N2O2/c1-17-10-13-19(14-11-17)21-16-20(15-12-18-8-6-5-7-9-18)25(24-21)22(26)27-23(2,3)4/h5-16H,1-4H3/b15-12+. The van der Waals surface area contributed by atoms with Gasteiger partial charge in [0.1, 0.15) is 5.60 Å². The number of carbonyl (C=O) groups excluding carboxylic acids is 1. The number of benzene rings is 2. The van der Waals surface area contributed by atoms with Gasteiger partial charge in [-0.05, 0) is 45.4 Å². The van der Waals surface area contributed by atoms with Gasteiger partial charge in [-0.25, -0.2) is 4.79 Å². The first-order valence-corrected chi connectivity index (χ1v) is 8.95. The highest BCUT2D eigenvalue weighted by Crippen LogP contribution is 2.22. The molecule has 0 unspecified atom stereocenters. The van der Waals surface area contributed by atoms with Gasteiger partial charge in [0, 0.05) is 5.56 Å². The van der Waals surface area contributed by atoms with Crippen LogP contribution < -0.4 is 0 Å². The van der Waals surface area contributed by atoms with Crippen LogP contribution in [-0.2, 0) is 4.74 Å². The lowest BCUT2D eigenvalue weighted by molar-refractivity contribution is 0.0514. The molecule has 0 atom stereocenters. The number of hydrogen-bond donors (Lipinski definition) is 0. The summed E-state index contributed by atoms with van der Waals surface area (Å²) in [6.45, 7) is 7.56. The number of hydrogen-bond acceptors (Lipinski definition) is 3. The fourth-order valence-corrected chi connectivity index (χ4v) is 2.58. The first-order chi connectivity index (χ1) is 12.8. The van der Waals surface area contributed by atoms with Crippen LogP contribution in [0, 0.1) is 6.92 Å². The Morgan fingerprint density at radius 2 is 1.67 bits per heavy atom. The molecule has 138 valence electrons. The van der Waals surface area contributed by atoms with Gasteiger partial charge in [0.15, 0.2) is 0 Å². The number of ether oxygens (including phenoxy) is 1. The SMILES string of the molecule is Cc1ccc(-c2cc(/C=C/c3ccccc3)n(C(=O)OC(C)(C)C)n2)cc1. The Morgan fingerprint density at radius 3 is 2.30 bits per heavy atom. The average molecular weight is 360 g/mol. The van der Waals surface area contributed by atoms with Crippen LogP contribution in [0.15, 0.2) is 60.7 Å². The van der Waals surface area contributed by atoms with Gasteiger partial charge in [-0.2, -0.15) is 9.78 Å². The molecular formula is C23H24N2O2. The van der Waals surface area contributed by atoms with Crippen molar-refractivity contribution in [3.05, 3.63) is 77.5 Å². The molecule has 0 bridgehead atoms. The van der Waals surface area contributed by atoms with Gasteiger partial charge in [0.25, 0.3) is 0 Å². The van der Waals surface area contributed by atoms with Crippen LogP contribution in [0.3, 0.4) is 0 Å². The van der Waals surface area contributed by atoms with Crippen molar-refractivity contribution in [3.8, 4) is 11.3 Å². The molecular weight excluding hydrogens is 336 g/mol. The lowest BCUT2D eigenvalue weighted by Gasteiger charge is -2.19. The van der Waals surface area contributed by atoms with Crippen molar-refractivity contribution in [3.63, 3.8) is 0 Å². The highest BCUT2D eigenvalue weighted by molar-refractivity contribution is 5.79. The molecule has 1 heterocycles. The van der Waals surface area contributed by atoms with Crippen molar-refractivity contribution in [2.75, 3.05) is 0 Å². The monoisotopic (exact) mass is 360 g/mol. The van der Waals surface area contributed by atoms with Crippen molar-refractivity contribution >= 4 is 18.2 Å². The molecule has 0 N–H and O–H groups in total. The first kappa shape index (κ1) is 18.6. The van der Waals surface area contributed by atoms with Crippen LogP contribution in [0.4, 0.5) is 4.79 Å². The molecule has 0 amide bonds. The predicted octanol–water partition coefficient (Wildman–Crippen LogP) is 5.81. The zero-order chi connectivity index (χ0) is 19.4. The van der Waals surface area contributed by atoms with E-state index < -0.39 is 11.7 Å². The minimum Gasteiger partial charge on any atom is -0.442 e. The third kappa shape index (κ3) is 4.94. The third-order valence-corrected chi connectivity index (χ3v) is 3.90. The summed E-state index contributed by atoms with van der Waals surface area (Å²) in [6.07, 6.45) is 3.34. The van der Waals surface area contributed by atoms with Crippen molar-refractivity contribution in [1.82, 2.24) is 9.78 Å². The van der Waals surface area contributed by atoms with E-state index in [0.717, 1.165) is 16.8 Å². The van der Waals surface area contributed by atoms with E-state index in [9.17, 15) is 4.79 Å². The van der Waals surface area contributed by atoms with Crippen LogP contribution in [-0.4, -0.2) is 21.5 Å². The Kier molecular flexibility index (Phi) is 5.26. The number of nitrogens with zero attached hydrogens (tertiary/aromatic N) is 2. The third-order valence-electron chi connectivity index (χ3n) is 3.90. The topological polar surface area (TPSA) is 44.1 Å². The molecule has 0 fully saturated rings. The minimum absolute atomic E-state index is 0.492. The lowest BCUT2D eigenvalue weighted by atomic mass is 10.1.